The highest BCUT2D eigenvalue weighted by atomic mass is 16.2. The number of hydrogen-bond donors (Lipinski definition) is 2. The third-order valence-electron chi connectivity index (χ3n) is 4.22. The number of H-pyrrole nitrogens is 1. The molecule has 1 aliphatic rings. The molecule has 2 aromatic rings. The molecule has 1 amide bonds. The standard InChI is InChI=1S/C18H17N3O2/c19-9-12-4-6-13(7-5-12)10-21-18(23)16-8-15(11-20-16)17(22)14-2-1-3-14/h4-8,11,14,20H,1-3,10H2,(H,21,23). The van der Waals surface area contributed by atoms with Crippen LogP contribution >= 0.6 is 0 Å². The molecule has 2 N–H and O–H groups in total. The zero-order valence-electron chi connectivity index (χ0n) is 12.6. The van der Waals surface area contributed by atoms with Crippen molar-refractivity contribution in [2.75, 3.05) is 0 Å². The van der Waals surface area contributed by atoms with Crippen LogP contribution in [0.4, 0.5) is 0 Å². The van der Waals surface area contributed by atoms with Crippen molar-refractivity contribution in [2.45, 2.75) is 25.8 Å². The fourth-order valence-corrected chi connectivity index (χ4v) is 2.55. The van der Waals surface area contributed by atoms with Gasteiger partial charge in [0.2, 0.25) is 0 Å². The van der Waals surface area contributed by atoms with E-state index >= 15 is 0 Å². The number of carbonyl (C=O) groups excluding carboxylic acids is 2. The number of nitrogens with zero attached hydrogens (tertiary/aromatic N) is 1. The molecule has 0 radical (unpaired) electrons. The average molecular weight is 307 g/mol. The topological polar surface area (TPSA) is 85.8 Å². The van der Waals surface area contributed by atoms with Gasteiger partial charge in [0.1, 0.15) is 5.69 Å². The van der Waals surface area contributed by atoms with Crippen LogP contribution in [0.3, 0.4) is 0 Å². The van der Waals surface area contributed by atoms with E-state index in [2.05, 4.69) is 16.4 Å². The first-order valence-electron chi connectivity index (χ1n) is 7.67. The van der Waals surface area contributed by atoms with Gasteiger partial charge in [0.05, 0.1) is 11.6 Å². The largest absolute Gasteiger partial charge is 0.356 e. The third kappa shape index (κ3) is 3.32. The zero-order valence-corrected chi connectivity index (χ0v) is 12.6. The van der Waals surface area contributed by atoms with Gasteiger partial charge in [-0.15, -0.1) is 0 Å². The summed E-state index contributed by atoms with van der Waals surface area (Å²) in [6.45, 7) is 0.371. The van der Waals surface area contributed by atoms with E-state index in [9.17, 15) is 9.59 Å². The fraction of sp³-hybridized carbons (Fsp3) is 0.278. The first-order chi connectivity index (χ1) is 11.2. The molecule has 116 valence electrons. The molecule has 23 heavy (non-hydrogen) atoms. The van der Waals surface area contributed by atoms with E-state index in [1.54, 1.807) is 36.5 Å². The molecule has 0 spiro atoms. The van der Waals surface area contributed by atoms with E-state index in [0.717, 1.165) is 24.8 Å². The molecule has 1 heterocycles. The Morgan fingerprint density at radius 3 is 2.61 bits per heavy atom. The van der Waals surface area contributed by atoms with Crippen molar-refractivity contribution in [1.82, 2.24) is 10.3 Å². The van der Waals surface area contributed by atoms with Gasteiger partial charge in [-0.1, -0.05) is 18.6 Å². The summed E-state index contributed by atoms with van der Waals surface area (Å²) < 4.78 is 0. The summed E-state index contributed by atoms with van der Waals surface area (Å²) in [6.07, 6.45) is 4.62. The van der Waals surface area contributed by atoms with Gasteiger partial charge in [0.25, 0.3) is 5.91 Å². The smallest absolute Gasteiger partial charge is 0.267 e. The number of aromatic nitrogens is 1. The number of amides is 1. The summed E-state index contributed by atoms with van der Waals surface area (Å²) in [7, 11) is 0. The van der Waals surface area contributed by atoms with Gasteiger partial charge >= 0.3 is 0 Å². The van der Waals surface area contributed by atoms with Gasteiger partial charge < -0.3 is 10.3 Å². The number of hydrogen-bond acceptors (Lipinski definition) is 3. The monoisotopic (exact) mass is 307 g/mol. The number of rotatable bonds is 5. The molecule has 1 aromatic carbocycles. The molecule has 1 aliphatic carbocycles. The van der Waals surface area contributed by atoms with Crippen LogP contribution in [0.1, 0.15) is 51.2 Å². The first-order valence-corrected chi connectivity index (χ1v) is 7.67. The average Bonchev–Trinajstić information content (AvgIpc) is 3.01. The van der Waals surface area contributed by atoms with Crippen molar-refractivity contribution in [2.24, 2.45) is 5.92 Å². The predicted molar refractivity (Wildman–Crippen MR) is 84.8 cm³/mol. The minimum Gasteiger partial charge on any atom is -0.356 e. The van der Waals surface area contributed by atoms with Crippen LogP contribution in [0.5, 0.6) is 0 Å². The molecule has 5 heteroatoms. The molecule has 5 nitrogen and oxygen atoms in total. The number of Topliss-reactive ketones (excluding diaryl/α,β-unsaturated/α-hetero) is 1. The Morgan fingerprint density at radius 2 is 2.00 bits per heavy atom. The normalized spacial score (nSPS) is 13.9. The van der Waals surface area contributed by atoms with Crippen LogP contribution in [-0.4, -0.2) is 16.7 Å². The van der Waals surface area contributed by atoms with E-state index in [0.29, 0.717) is 23.4 Å². The molecule has 0 saturated heterocycles. The summed E-state index contributed by atoms with van der Waals surface area (Å²) in [5.74, 6) is 0.000946. The van der Waals surface area contributed by atoms with E-state index in [-0.39, 0.29) is 17.6 Å². The molecule has 3 rings (SSSR count). The SMILES string of the molecule is N#Cc1ccc(CNC(=O)c2cc(C(=O)C3CCC3)c[nH]2)cc1. The van der Waals surface area contributed by atoms with E-state index in [4.69, 9.17) is 5.26 Å². The maximum atomic E-state index is 12.1. The lowest BCUT2D eigenvalue weighted by molar-refractivity contribution is 0.0855. The van der Waals surface area contributed by atoms with Crippen molar-refractivity contribution in [1.29, 1.82) is 5.26 Å². The quantitative estimate of drug-likeness (QED) is 0.833. The lowest BCUT2D eigenvalue weighted by Gasteiger charge is -2.23. The summed E-state index contributed by atoms with van der Waals surface area (Å²) in [5, 5.41) is 11.5. The fourth-order valence-electron chi connectivity index (χ4n) is 2.55. The van der Waals surface area contributed by atoms with E-state index < -0.39 is 0 Å². The minimum absolute atomic E-state index is 0.124. The van der Waals surface area contributed by atoms with Crippen molar-refractivity contribution in [3.8, 4) is 6.07 Å². The predicted octanol–water partition coefficient (Wildman–Crippen LogP) is 2.80. The third-order valence-corrected chi connectivity index (χ3v) is 4.22. The Balaban J connectivity index is 1.58. The van der Waals surface area contributed by atoms with Crippen LogP contribution in [0.2, 0.25) is 0 Å². The number of nitriles is 1. The second-order valence-electron chi connectivity index (χ2n) is 5.79. The van der Waals surface area contributed by atoms with Crippen molar-refractivity contribution in [3.05, 3.63) is 58.9 Å². The van der Waals surface area contributed by atoms with Crippen molar-refractivity contribution in [3.63, 3.8) is 0 Å². The van der Waals surface area contributed by atoms with Crippen molar-refractivity contribution < 1.29 is 9.59 Å². The van der Waals surface area contributed by atoms with Crippen LogP contribution in [0, 0.1) is 17.2 Å². The number of carbonyl (C=O) groups is 2. The molecule has 1 fully saturated rings. The molecule has 0 bridgehead atoms. The van der Waals surface area contributed by atoms with Gasteiger partial charge in [-0.3, -0.25) is 9.59 Å². The number of benzene rings is 1. The molecule has 0 aliphatic heterocycles. The maximum Gasteiger partial charge on any atom is 0.267 e. The minimum atomic E-state index is -0.248. The van der Waals surface area contributed by atoms with E-state index in [1.807, 2.05) is 0 Å². The van der Waals surface area contributed by atoms with E-state index in [1.165, 1.54) is 0 Å². The molecule has 1 saturated carbocycles. The second-order valence-corrected chi connectivity index (χ2v) is 5.79. The Bertz CT molecular complexity index is 764. The van der Waals surface area contributed by atoms with Crippen LogP contribution < -0.4 is 5.32 Å². The summed E-state index contributed by atoms with van der Waals surface area (Å²) in [4.78, 5) is 27.1. The number of ketones is 1. The van der Waals surface area contributed by atoms with Crippen LogP contribution in [-0.2, 0) is 6.54 Å². The zero-order chi connectivity index (χ0) is 16.2. The summed E-state index contributed by atoms with van der Waals surface area (Å²) >= 11 is 0. The molecule has 0 unspecified atom stereocenters. The molecular formula is C18H17N3O2. The van der Waals surface area contributed by atoms with Crippen molar-refractivity contribution >= 4 is 11.7 Å². The summed E-state index contributed by atoms with van der Waals surface area (Å²) in [5.41, 5.74) is 2.47. The Morgan fingerprint density at radius 1 is 1.26 bits per heavy atom. The second kappa shape index (κ2) is 6.49. The van der Waals surface area contributed by atoms with Gasteiger partial charge in [0, 0.05) is 24.2 Å². The highest BCUT2D eigenvalue weighted by Gasteiger charge is 2.27. The Labute approximate surface area is 134 Å². The first kappa shape index (κ1) is 15.0. The summed E-state index contributed by atoms with van der Waals surface area (Å²) in [6, 6.07) is 10.7. The number of aromatic amines is 1. The highest BCUT2D eigenvalue weighted by molar-refractivity contribution is 6.01. The Kier molecular flexibility index (Phi) is 4.24. The highest BCUT2D eigenvalue weighted by Crippen LogP contribution is 2.29. The molecule has 1 aromatic heterocycles. The maximum absolute atomic E-state index is 12.1. The molecule has 0 atom stereocenters. The Hall–Kier alpha value is -2.87. The number of nitrogens with one attached hydrogen (secondary N) is 2. The van der Waals surface area contributed by atoms with Gasteiger partial charge in [0.15, 0.2) is 5.78 Å². The molecular weight excluding hydrogens is 290 g/mol. The van der Waals surface area contributed by atoms with Gasteiger partial charge in [-0.25, -0.2) is 0 Å². The van der Waals surface area contributed by atoms with Crippen LogP contribution in [0.25, 0.3) is 0 Å². The van der Waals surface area contributed by atoms with Crippen LogP contribution in [0.15, 0.2) is 36.5 Å². The van der Waals surface area contributed by atoms with Gasteiger partial charge in [-0.05, 0) is 36.6 Å². The lowest BCUT2D eigenvalue weighted by atomic mass is 9.80. The van der Waals surface area contributed by atoms with Gasteiger partial charge in [-0.2, -0.15) is 5.26 Å². The lowest BCUT2D eigenvalue weighted by Crippen LogP contribution is -2.23.